The SMILES string of the molecule is Cc1ccc([C@@H](CC(F)(F)F)N2CCNCC2)c(Br)c1.Cl. The molecule has 21 heavy (non-hydrogen) atoms. The highest BCUT2D eigenvalue weighted by molar-refractivity contribution is 9.10. The van der Waals surface area contributed by atoms with E-state index in [9.17, 15) is 13.2 Å². The molecule has 120 valence electrons. The summed E-state index contributed by atoms with van der Waals surface area (Å²) in [7, 11) is 0. The number of nitrogens with zero attached hydrogens (tertiary/aromatic N) is 1. The summed E-state index contributed by atoms with van der Waals surface area (Å²) in [6.07, 6.45) is -4.98. The molecule has 2 nitrogen and oxygen atoms in total. The zero-order valence-electron chi connectivity index (χ0n) is 11.7. The van der Waals surface area contributed by atoms with Crippen LogP contribution in [-0.2, 0) is 0 Å². The summed E-state index contributed by atoms with van der Waals surface area (Å²) in [5, 5.41) is 3.17. The van der Waals surface area contributed by atoms with E-state index in [0.717, 1.165) is 28.7 Å². The van der Waals surface area contributed by atoms with Gasteiger partial charge in [0.05, 0.1) is 6.42 Å². The number of alkyl halides is 3. The maximum absolute atomic E-state index is 12.9. The Labute approximate surface area is 137 Å². The van der Waals surface area contributed by atoms with Crippen molar-refractivity contribution >= 4 is 28.3 Å². The van der Waals surface area contributed by atoms with Crippen LogP contribution in [-0.4, -0.2) is 37.3 Å². The van der Waals surface area contributed by atoms with Crippen LogP contribution in [0.15, 0.2) is 22.7 Å². The van der Waals surface area contributed by atoms with Gasteiger partial charge in [-0.1, -0.05) is 28.1 Å². The molecule has 1 atom stereocenters. The van der Waals surface area contributed by atoms with Gasteiger partial charge >= 0.3 is 6.18 Å². The number of aryl methyl sites for hydroxylation is 1. The largest absolute Gasteiger partial charge is 0.390 e. The topological polar surface area (TPSA) is 15.3 Å². The Kier molecular flexibility index (Phi) is 6.97. The van der Waals surface area contributed by atoms with Gasteiger partial charge < -0.3 is 5.32 Å². The minimum Gasteiger partial charge on any atom is -0.314 e. The molecular weight excluding hydrogens is 369 g/mol. The fourth-order valence-electron chi connectivity index (χ4n) is 2.55. The smallest absolute Gasteiger partial charge is 0.314 e. The standard InChI is InChI=1S/C14H18BrF3N2.ClH/c1-10-2-3-11(12(15)8-10)13(9-14(16,17)18)20-6-4-19-5-7-20;/h2-3,8,13,19H,4-7,9H2,1H3;1H/t13-;/m1./s1. The molecule has 1 heterocycles. The molecule has 2 rings (SSSR count). The van der Waals surface area contributed by atoms with Crippen molar-refractivity contribution in [2.75, 3.05) is 26.2 Å². The second-order valence-corrected chi connectivity index (χ2v) is 6.00. The Bertz CT molecular complexity index is 462. The number of benzene rings is 1. The van der Waals surface area contributed by atoms with Gasteiger partial charge in [0.25, 0.3) is 0 Å². The van der Waals surface area contributed by atoms with Gasteiger partial charge in [-0.05, 0) is 24.1 Å². The molecule has 1 aliphatic rings. The number of hydrogen-bond donors (Lipinski definition) is 1. The Morgan fingerprint density at radius 3 is 2.43 bits per heavy atom. The molecule has 0 spiro atoms. The lowest BCUT2D eigenvalue weighted by Gasteiger charge is -2.36. The third kappa shape index (κ3) is 5.43. The zero-order chi connectivity index (χ0) is 14.8. The molecule has 1 aromatic rings. The van der Waals surface area contributed by atoms with Gasteiger partial charge in [-0.3, -0.25) is 4.90 Å². The third-order valence-corrected chi connectivity index (χ3v) is 4.22. The van der Waals surface area contributed by atoms with Crippen LogP contribution in [0.3, 0.4) is 0 Å². The summed E-state index contributed by atoms with van der Waals surface area (Å²) in [5.41, 5.74) is 1.75. The van der Waals surface area contributed by atoms with Gasteiger partial charge in [0.1, 0.15) is 0 Å². The summed E-state index contributed by atoms with van der Waals surface area (Å²) >= 11 is 3.41. The maximum Gasteiger partial charge on any atom is 0.390 e. The van der Waals surface area contributed by atoms with Crippen LogP contribution in [0.2, 0.25) is 0 Å². The van der Waals surface area contributed by atoms with E-state index in [1.807, 2.05) is 24.0 Å². The summed E-state index contributed by atoms with van der Waals surface area (Å²) in [6.45, 7) is 4.68. The fourth-order valence-corrected chi connectivity index (χ4v) is 3.31. The van der Waals surface area contributed by atoms with Crippen molar-refractivity contribution in [3.63, 3.8) is 0 Å². The van der Waals surface area contributed by atoms with Crippen LogP contribution in [0.1, 0.15) is 23.6 Å². The van der Waals surface area contributed by atoms with Gasteiger partial charge in [0.2, 0.25) is 0 Å². The first-order chi connectivity index (χ1) is 9.37. The predicted molar refractivity (Wildman–Crippen MR) is 84.0 cm³/mol. The molecule has 0 amide bonds. The highest BCUT2D eigenvalue weighted by atomic mass is 79.9. The van der Waals surface area contributed by atoms with Crippen LogP contribution in [0, 0.1) is 6.92 Å². The lowest BCUT2D eigenvalue weighted by atomic mass is 9.99. The Balaban J connectivity index is 0.00000220. The van der Waals surface area contributed by atoms with Crippen molar-refractivity contribution < 1.29 is 13.2 Å². The highest BCUT2D eigenvalue weighted by Crippen LogP contribution is 2.37. The Hall–Kier alpha value is -0.300. The molecule has 0 bridgehead atoms. The molecule has 0 unspecified atom stereocenters. The lowest BCUT2D eigenvalue weighted by Crippen LogP contribution is -2.46. The normalized spacial score (nSPS) is 18.1. The van der Waals surface area contributed by atoms with Crippen molar-refractivity contribution in [3.8, 4) is 0 Å². The minimum absolute atomic E-state index is 0. The van der Waals surface area contributed by atoms with Gasteiger partial charge in [0, 0.05) is 36.7 Å². The first-order valence-electron chi connectivity index (χ1n) is 6.64. The lowest BCUT2D eigenvalue weighted by molar-refractivity contribution is -0.148. The zero-order valence-corrected chi connectivity index (χ0v) is 14.1. The fraction of sp³-hybridized carbons (Fsp3) is 0.571. The van der Waals surface area contributed by atoms with Gasteiger partial charge in [-0.2, -0.15) is 13.2 Å². The van der Waals surface area contributed by atoms with Crippen molar-refractivity contribution in [1.82, 2.24) is 10.2 Å². The number of piperazine rings is 1. The quantitative estimate of drug-likeness (QED) is 0.841. The molecule has 1 saturated heterocycles. The van der Waals surface area contributed by atoms with Gasteiger partial charge in [0.15, 0.2) is 0 Å². The number of halogens is 5. The summed E-state index contributed by atoms with van der Waals surface area (Å²) < 4.78 is 39.5. The summed E-state index contributed by atoms with van der Waals surface area (Å²) in [5.74, 6) is 0. The monoisotopic (exact) mass is 386 g/mol. The number of hydrogen-bond acceptors (Lipinski definition) is 2. The van der Waals surface area contributed by atoms with E-state index < -0.39 is 18.6 Å². The summed E-state index contributed by atoms with van der Waals surface area (Å²) in [4.78, 5) is 1.92. The average molecular weight is 388 g/mol. The number of rotatable bonds is 3. The molecule has 1 N–H and O–H groups in total. The predicted octanol–water partition coefficient (Wildman–Crippen LogP) is 4.08. The Morgan fingerprint density at radius 2 is 1.90 bits per heavy atom. The van der Waals surface area contributed by atoms with Crippen LogP contribution < -0.4 is 5.32 Å². The Morgan fingerprint density at radius 1 is 1.29 bits per heavy atom. The summed E-state index contributed by atoms with van der Waals surface area (Å²) in [6, 6.07) is 4.93. The van der Waals surface area contributed by atoms with E-state index in [0.29, 0.717) is 13.1 Å². The van der Waals surface area contributed by atoms with Crippen LogP contribution in [0.5, 0.6) is 0 Å². The molecule has 1 fully saturated rings. The van der Waals surface area contributed by atoms with Crippen molar-refractivity contribution in [1.29, 1.82) is 0 Å². The van der Waals surface area contributed by atoms with E-state index in [1.165, 1.54) is 0 Å². The van der Waals surface area contributed by atoms with Crippen molar-refractivity contribution in [3.05, 3.63) is 33.8 Å². The van der Waals surface area contributed by atoms with E-state index in [-0.39, 0.29) is 12.4 Å². The molecule has 0 aliphatic carbocycles. The van der Waals surface area contributed by atoms with Crippen LogP contribution in [0.4, 0.5) is 13.2 Å². The second-order valence-electron chi connectivity index (χ2n) is 5.15. The molecule has 1 aromatic carbocycles. The number of nitrogens with one attached hydrogen (secondary N) is 1. The molecule has 7 heteroatoms. The maximum atomic E-state index is 12.9. The molecule has 0 radical (unpaired) electrons. The van der Waals surface area contributed by atoms with Gasteiger partial charge in [-0.15, -0.1) is 12.4 Å². The first-order valence-corrected chi connectivity index (χ1v) is 7.44. The van der Waals surface area contributed by atoms with E-state index >= 15 is 0 Å². The van der Waals surface area contributed by atoms with Crippen LogP contribution in [0.25, 0.3) is 0 Å². The van der Waals surface area contributed by atoms with Crippen LogP contribution >= 0.6 is 28.3 Å². The molecule has 0 aromatic heterocycles. The van der Waals surface area contributed by atoms with E-state index in [2.05, 4.69) is 21.2 Å². The molecule has 1 aliphatic heterocycles. The molecular formula is C14H19BrClF3N2. The van der Waals surface area contributed by atoms with Crippen molar-refractivity contribution in [2.24, 2.45) is 0 Å². The second kappa shape index (κ2) is 7.81. The van der Waals surface area contributed by atoms with Crippen molar-refractivity contribution in [2.45, 2.75) is 25.6 Å². The minimum atomic E-state index is -4.17. The third-order valence-electron chi connectivity index (χ3n) is 3.53. The van der Waals surface area contributed by atoms with Gasteiger partial charge in [-0.25, -0.2) is 0 Å². The molecule has 0 saturated carbocycles. The van der Waals surface area contributed by atoms with E-state index in [4.69, 9.17) is 0 Å². The first kappa shape index (κ1) is 18.7. The average Bonchev–Trinajstić information content (AvgIpc) is 2.36. The highest BCUT2D eigenvalue weighted by Gasteiger charge is 2.36. The van der Waals surface area contributed by atoms with E-state index in [1.54, 1.807) is 6.07 Å².